The lowest BCUT2D eigenvalue weighted by Gasteiger charge is -2.32. The summed E-state index contributed by atoms with van der Waals surface area (Å²) in [5, 5.41) is 14.0. The SMILES string of the molecule is CC1CCCN(c2ccc(C(=O)Nc3ccc(F)c(Cl)c3)cc2[N+](=O)[O-])C1. The van der Waals surface area contributed by atoms with Crippen LogP contribution in [0.1, 0.15) is 30.1 Å². The molecule has 8 heteroatoms. The summed E-state index contributed by atoms with van der Waals surface area (Å²) >= 11 is 5.71. The van der Waals surface area contributed by atoms with Gasteiger partial charge in [-0.1, -0.05) is 18.5 Å². The number of piperidine rings is 1. The third-order valence-corrected chi connectivity index (χ3v) is 4.90. The van der Waals surface area contributed by atoms with E-state index in [9.17, 15) is 19.3 Å². The monoisotopic (exact) mass is 391 g/mol. The normalized spacial score (nSPS) is 16.9. The summed E-state index contributed by atoms with van der Waals surface area (Å²) in [7, 11) is 0. The molecule has 27 heavy (non-hydrogen) atoms. The number of anilines is 2. The molecule has 0 radical (unpaired) electrons. The van der Waals surface area contributed by atoms with Crippen LogP contribution in [0.2, 0.25) is 5.02 Å². The fourth-order valence-corrected chi connectivity index (χ4v) is 3.44. The quantitative estimate of drug-likeness (QED) is 0.595. The Bertz CT molecular complexity index is 890. The lowest BCUT2D eigenvalue weighted by molar-refractivity contribution is -0.384. The molecule has 0 aliphatic carbocycles. The Morgan fingerprint density at radius 1 is 1.33 bits per heavy atom. The van der Waals surface area contributed by atoms with Crippen molar-refractivity contribution in [1.29, 1.82) is 0 Å². The second-order valence-electron chi connectivity index (χ2n) is 6.74. The van der Waals surface area contributed by atoms with E-state index in [-0.39, 0.29) is 16.3 Å². The number of carbonyl (C=O) groups is 1. The smallest absolute Gasteiger partial charge is 0.293 e. The van der Waals surface area contributed by atoms with Gasteiger partial charge in [-0.25, -0.2) is 4.39 Å². The first kappa shape index (κ1) is 19.1. The molecule has 6 nitrogen and oxygen atoms in total. The first-order valence-electron chi connectivity index (χ1n) is 8.65. The van der Waals surface area contributed by atoms with Gasteiger partial charge in [-0.2, -0.15) is 0 Å². The molecule has 1 saturated heterocycles. The van der Waals surface area contributed by atoms with Gasteiger partial charge in [0.25, 0.3) is 11.6 Å². The zero-order valence-electron chi connectivity index (χ0n) is 14.7. The summed E-state index contributed by atoms with van der Waals surface area (Å²) in [6, 6.07) is 8.24. The summed E-state index contributed by atoms with van der Waals surface area (Å²) < 4.78 is 13.2. The van der Waals surface area contributed by atoms with Gasteiger partial charge in [0.2, 0.25) is 0 Å². The molecular weight excluding hydrogens is 373 g/mol. The summed E-state index contributed by atoms with van der Waals surface area (Å²) in [4.78, 5) is 25.5. The number of nitro groups is 1. The summed E-state index contributed by atoms with van der Waals surface area (Å²) in [5.41, 5.74) is 0.876. The fraction of sp³-hybridized carbons (Fsp3) is 0.316. The van der Waals surface area contributed by atoms with Crippen molar-refractivity contribution in [2.45, 2.75) is 19.8 Å². The van der Waals surface area contributed by atoms with Crippen molar-refractivity contribution in [3.05, 3.63) is 62.9 Å². The van der Waals surface area contributed by atoms with Crippen LogP contribution >= 0.6 is 11.6 Å². The third-order valence-electron chi connectivity index (χ3n) is 4.61. The molecule has 1 heterocycles. The third kappa shape index (κ3) is 4.36. The van der Waals surface area contributed by atoms with E-state index in [4.69, 9.17) is 11.6 Å². The van der Waals surface area contributed by atoms with Crippen molar-refractivity contribution >= 4 is 34.6 Å². The van der Waals surface area contributed by atoms with Crippen molar-refractivity contribution in [3.63, 3.8) is 0 Å². The van der Waals surface area contributed by atoms with Gasteiger partial charge in [-0.05, 0) is 49.1 Å². The van der Waals surface area contributed by atoms with Crippen molar-refractivity contribution in [2.24, 2.45) is 5.92 Å². The molecule has 142 valence electrons. The molecular formula is C19H19ClFN3O3. The average Bonchev–Trinajstić information content (AvgIpc) is 2.64. The number of nitrogens with zero attached hydrogens (tertiary/aromatic N) is 2. The van der Waals surface area contributed by atoms with E-state index >= 15 is 0 Å². The van der Waals surface area contributed by atoms with Gasteiger partial charge in [0.1, 0.15) is 11.5 Å². The van der Waals surface area contributed by atoms with Crippen LogP contribution in [0.3, 0.4) is 0 Å². The van der Waals surface area contributed by atoms with E-state index in [1.807, 2.05) is 4.90 Å². The van der Waals surface area contributed by atoms with Crippen LogP contribution in [0, 0.1) is 21.8 Å². The predicted octanol–water partition coefficient (Wildman–Crippen LogP) is 4.88. The van der Waals surface area contributed by atoms with Crippen LogP contribution in [0.25, 0.3) is 0 Å². The van der Waals surface area contributed by atoms with E-state index in [1.165, 1.54) is 18.2 Å². The number of amides is 1. The summed E-state index contributed by atoms with van der Waals surface area (Å²) in [6.07, 6.45) is 2.08. The Labute approximate surface area is 161 Å². The molecule has 0 bridgehead atoms. The Hall–Kier alpha value is -2.67. The van der Waals surface area contributed by atoms with Crippen LogP contribution in [-0.2, 0) is 0 Å². The summed E-state index contributed by atoms with van der Waals surface area (Å²) in [6.45, 7) is 3.62. The van der Waals surface area contributed by atoms with E-state index in [1.54, 1.807) is 12.1 Å². The molecule has 1 aliphatic heterocycles. The Morgan fingerprint density at radius 2 is 2.11 bits per heavy atom. The molecule has 1 atom stereocenters. The molecule has 0 aromatic heterocycles. The van der Waals surface area contributed by atoms with Crippen LogP contribution in [-0.4, -0.2) is 23.9 Å². The first-order chi connectivity index (χ1) is 12.8. The minimum atomic E-state index is -0.592. The number of hydrogen-bond acceptors (Lipinski definition) is 4. The highest BCUT2D eigenvalue weighted by atomic mass is 35.5. The van der Waals surface area contributed by atoms with Gasteiger partial charge in [0, 0.05) is 30.4 Å². The van der Waals surface area contributed by atoms with Crippen LogP contribution in [0.5, 0.6) is 0 Å². The number of halogens is 2. The van der Waals surface area contributed by atoms with Gasteiger partial charge in [-0.3, -0.25) is 14.9 Å². The van der Waals surface area contributed by atoms with E-state index < -0.39 is 16.6 Å². The molecule has 1 amide bonds. The second-order valence-corrected chi connectivity index (χ2v) is 7.14. The van der Waals surface area contributed by atoms with Crippen molar-refractivity contribution in [2.75, 3.05) is 23.3 Å². The largest absolute Gasteiger partial charge is 0.366 e. The average molecular weight is 392 g/mol. The van der Waals surface area contributed by atoms with Crippen LogP contribution in [0.15, 0.2) is 36.4 Å². The number of nitro benzene ring substituents is 1. The molecule has 3 rings (SSSR count). The summed E-state index contributed by atoms with van der Waals surface area (Å²) in [5.74, 6) is -0.658. The van der Waals surface area contributed by atoms with Gasteiger partial charge >= 0.3 is 0 Å². The number of nitrogens with one attached hydrogen (secondary N) is 1. The molecule has 1 aliphatic rings. The second kappa shape index (κ2) is 7.92. The molecule has 0 spiro atoms. The maximum atomic E-state index is 13.2. The Balaban J connectivity index is 1.85. The van der Waals surface area contributed by atoms with Crippen LogP contribution < -0.4 is 10.2 Å². The highest BCUT2D eigenvalue weighted by molar-refractivity contribution is 6.31. The topological polar surface area (TPSA) is 75.5 Å². The maximum absolute atomic E-state index is 13.2. The number of carbonyl (C=O) groups excluding carboxylic acids is 1. The number of hydrogen-bond donors (Lipinski definition) is 1. The van der Waals surface area contributed by atoms with Crippen molar-refractivity contribution < 1.29 is 14.1 Å². The maximum Gasteiger partial charge on any atom is 0.293 e. The molecule has 1 fully saturated rings. The molecule has 2 aromatic rings. The Morgan fingerprint density at radius 3 is 2.78 bits per heavy atom. The van der Waals surface area contributed by atoms with Gasteiger partial charge in [0.15, 0.2) is 0 Å². The molecule has 1 N–H and O–H groups in total. The highest BCUT2D eigenvalue weighted by Crippen LogP contribution is 2.32. The zero-order valence-corrected chi connectivity index (χ0v) is 15.5. The standard InChI is InChI=1S/C19H19ClFN3O3/c1-12-3-2-8-23(11-12)17-7-4-13(9-18(17)24(26)27)19(25)22-14-5-6-16(21)15(20)10-14/h4-7,9-10,12H,2-3,8,11H2,1H3,(H,22,25). The highest BCUT2D eigenvalue weighted by Gasteiger charge is 2.25. The van der Waals surface area contributed by atoms with E-state index in [0.717, 1.165) is 32.0 Å². The minimum Gasteiger partial charge on any atom is -0.366 e. The van der Waals surface area contributed by atoms with E-state index in [2.05, 4.69) is 12.2 Å². The lowest BCUT2D eigenvalue weighted by Crippen LogP contribution is -2.34. The van der Waals surface area contributed by atoms with E-state index in [0.29, 0.717) is 17.3 Å². The lowest BCUT2D eigenvalue weighted by atomic mass is 9.99. The molecule has 0 saturated carbocycles. The van der Waals surface area contributed by atoms with Crippen molar-refractivity contribution in [1.82, 2.24) is 0 Å². The molecule has 1 unspecified atom stereocenters. The zero-order chi connectivity index (χ0) is 19.6. The van der Waals surface area contributed by atoms with Crippen LogP contribution in [0.4, 0.5) is 21.5 Å². The van der Waals surface area contributed by atoms with Gasteiger partial charge < -0.3 is 10.2 Å². The van der Waals surface area contributed by atoms with Crippen molar-refractivity contribution in [3.8, 4) is 0 Å². The van der Waals surface area contributed by atoms with Gasteiger partial charge in [-0.15, -0.1) is 0 Å². The number of benzene rings is 2. The van der Waals surface area contributed by atoms with Gasteiger partial charge in [0.05, 0.1) is 9.95 Å². The number of rotatable bonds is 4. The first-order valence-corrected chi connectivity index (χ1v) is 9.02. The molecule has 2 aromatic carbocycles. The Kier molecular flexibility index (Phi) is 5.60. The fourth-order valence-electron chi connectivity index (χ4n) is 3.26. The predicted molar refractivity (Wildman–Crippen MR) is 103 cm³/mol. The minimum absolute atomic E-state index is 0.103.